The molecule has 2 aromatic rings. The summed E-state index contributed by atoms with van der Waals surface area (Å²) in [7, 11) is 0. The van der Waals surface area contributed by atoms with Crippen LogP contribution >= 0.6 is 39.3 Å². The Balaban J connectivity index is 1.68. The van der Waals surface area contributed by atoms with Gasteiger partial charge in [0.25, 0.3) is 0 Å². The summed E-state index contributed by atoms with van der Waals surface area (Å²) in [4.78, 5) is 4.37. The zero-order valence-corrected chi connectivity index (χ0v) is 13.7. The van der Waals surface area contributed by atoms with E-state index in [0.29, 0.717) is 17.0 Å². The number of halogens is 2. The summed E-state index contributed by atoms with van der Waals surface area (Å²) in [6, 6.07) is 2.44. The number of nitrogens with zero attached hydrogens (tertiary/aromatic N) is 4. The Kier molecular flexibility index (Phi) is 3.27. The molecule has 104 valence electrons. The lowest BCUT2D eigenvalue weighted by atomic mass is 10.4. The van der Waals surface area contributed by atoms with E-state index in [0.717, 1.165) is 20.5 Å². The monoisotopic (exact) mass is 370 g/mol. The lowest BCUT2D eigenvalue weighted by Gasteiger charge is -2.08. The second-order valence-corrected chi connectivity index (χ2v) is 7.54. The van der Waals surface area contributed by atoms with Crippen LogP contribution < -0.4 is 0 Å². The maximum absolute atomic E-state index is 6.24. The summed E-state index contributed by atoms with van der Waals surface area (Å²) in [5.41, 5.74) is 0. The topological polar surface area (TPSA) is 43.6 Å². The Morgan fingerprint density at radius 1 is 1.25 bits per heavy atom. The number of pyridine rings is 1. The minimum absolute atomic E-state index is 0.581. The van der Waals surface area contributed by atoms with Crippen molar-refractivity contribution in [3.05, 3.63) is 27.6 Å². The van der Waals surface area contributed by atoms with Gasteiger partial charge in [-0.15, -0.1) is 10.2 Å². The Bertz CT molecular complexity index is 666. The van der Waals surface area contributed by atoms with E-state index >= 15 is 0 Å². The Hall–Kier alpha value is -0.590. The number of aromatic nitrogens is 4. The molecule has 0 aliphatic heterocycles. The van der Waals surface area contributed by atoms with E-state index in [9.17, 15) is 0 Å². The van der Waals surface area contributed by atoms with Gasteiger partial charge in [0.2, 0.25) is 0 Å². The molecular formula is C13H12BrClN4S. The number of rotatable bonds is 4. The molecule has 20 heavy (non-hydrogen) atoms. The summed E-state index contributed by atoms with van der Waals surface area (Å²) in [5.74, 6) is 1.77. The van der Waals surface area contributed by atoms with Gasteiger partial charge in [-0.1, -0.05) is 11.6 Å². The molecule has 2 heterocycles. The maximum Gasteiger partial charge on any atom is 0.197 e. The van der Waals surface area contributed by atoms with Crippen LogP contribution in [0.4, 0.5) is 0 Å². The third-order valence-corrected chi connectivity index (χ3v) is 5.32. The molecule has 2 fully saturated rings. The minimum Gasteiger partial charge on any atom is -0.302 e. The molecule has 7 heteroatoms. The van der Waals surface area contributed by atoms with E-state index in [-0.39, 0.29) is 0 Å². The average molecular weight is 372 g/mol. The largest absolute Gasteiger partial charge is 0.302 e. The number of hydrogen-bond acceptors (Lipinski definition) is 4. The fourth-order valence-corrected chi connectivity index (χ4v) is 3.82. The molecule has 0 spiro atoms. The number of hydrogen-bond donors (Lipinski definition) is 0. The smallest absolute Gasteiger partial charge is 0.197 e. The Morgan fingerprint density at radius 2 is 2.05 bits per heavy atom. The molecule has 2 aromatic heterocycles. The fraction of sp³-hybridized carbons (Fsp3) is 0.462. The third kappa shape index (κ3) is 2.49. The SMILES string of the molecule is Clc1cc(Br)cnc1Sc1nnc(C2CC2)n1C1CC1. The van der Waals surface area contributed by atoms with Gasteiger partial charge in [-0.3, -0.25) is 0 Å². The highest BCUT2D eigenvalue weighted by atomic mass is 79.9. The van der Waals surface area contributed by atoms with Gasteiger partial charge in [0.1, 0.15) is 10.9 Å². The quantitative estimate of drug-likeness (QED) is 0.796. The highest BCUT2D eigenvalue weighted by Crippen LogP contribution is 2.47. The van der Waals surface area contributed by atoms with Crippen molar-refractivity contribution in [2.75, 3.05) is 0 Å². The first-order chi connectivity index (χ1) is 9.72. The molecule has 0 radical (unpaired) electrons. The average Bonchev–Trinajstić information content (AvgIpc) is 3.31. The summed E-state index contributed by atoms with van der Waals surface area (Å²) < 4.78 is 3.19. The van der Waals surface area contributed by atoms with Crippen molar-refractivity contribution in [2.45, 2.75) is 47.8 Å². The molecule has 2 aliphatic rings. The summed E-state index contributed by atoms with van der Waals surface area (Å²) in [6.45, 7) is 0. The third-order valence-electron chi connectivity index (χ3n) is 3.51. The lowest BCUT2D eigenvalue weighted by molar-refractivity contribution is 0.626. The predicted molar refractivity (Wildman–Crippen MR) is 81.3 cm³/mol. The first-order valence-electron chi connectivity index (χ1n) is 6.66. The molecule has 0 atom stereocenters. The molecule has 4 nitrogen and oxygen atoms in total. The minimum atomic E-state index is 0.581. The van der Waals surface area contributed by atoms with Gasteiger partial charge in [0.05, 0.1) is 5.02 Å². The molecule has 0 bridgehead atoms. The van der Waals surface area contributed by atoms with E-state index in [1.165, 1.54) is 37.4 Å². The molecule has 2 saturated carbocycles. The van der Waals surface area contributed by atoms with E-state index in [2.05, 4.69) is 35.7 Å². The molecule has 4 rings (SSSR count). The zero-order valence-electron chi connectivity index (χ0n) is 10.6. The molecule has 0 amide bonds. The van der Waals surface area contributed by atoms with Crippen LogP contribution in [0.15, 0.2) is 26.9 Å². The fourth-order valence-electron chi connectivity index (χ4n) is 2.22. The van der Waals surface area contributed by atoms with E-state index in [4.69, 9.17) is 11.6 Å². The van der Waals surface area contributed by atoms with Crippen LogP contribution in [0, 0.1) is 0 Å². The van der Waals surface area contributed by atoms with Gasteiger partial charge < -0.3 is 4.57 Å². The first-order valence-corrected chi connectivity index (χ1v) is 8.65. The van der Waals surface area contributed by atoms with Gasteiger partial charge in [-0.25, -0.2) is 4.98 Å². The van der Waals surface area contributed by atoms with Crippen molar-refractivity contribution in [2.24, 2.45) is 0 Å². The van der Waals surface area contributed by atoms with E-state index in [1.807, 2.05) is 6.07 Å². The second kappa shape index (κ2) is 5.00. The van der Waals surface area contributed by atoms with Gasteiger partial charge in [0, 0.05) is 22.6 Å². The van der Waals surface area contributed by atoms with Gasteiger partial charge >= 0.3 is 0 Å². The first kappa shape index (κ1) is 13.1. The summed E-state index contributed by atoms with van der Waals surface area (Å²) >= 11 is 11.1. The van der Waals surface area contributed by atoms with Crippen LogP contribution in [0.1, 0.15) is 43.5 Å². The molecule has 0 saturated heterocycles. The van der Waals surface area contributed by atoms with Crippen molar-refractivity contribution >= 4 is 39.3 Å². The van der Waals surface area contributed by atoms with Crippen LogP contribution in [0.25, 0.3) is 0 Å². The predicted octanol–water partition coefficient (Wildman–Crippen LogP) is 4.45. The van der Waals surface area contributed by atoms with E-state index < -0.39 is 0 Å². The molecule has 0 unspecified atom stereocenters. The van der Waals surface area contributed by atoms with Gasteiger partial charge in [0.15, 0.2) is 5.16 Å². The molecule has 0 aromatic carbocycles. The van der Waals surface area contributed by atoms with Crippen LogP contribution in [0.3, 0.4) is 0 Å². The Labute approximate surface area is 134 Å². The van der Waals surface area contributed by atoms with Crippen molar-refractivity contribution in [3.63, 3.8) is 0 Å². The van der Waals surface area contributed by atoms with Crippen LogP contribution in [-0.2, 0) is 0 Å². The van der Waals surface area contributed by atoms with Crippen molar-refractivity contribution in [1.82, 2.24) is 19.7 Å². The zero-order chi connectivity index (χ0) is 13.7. The van der Waals surface area contributed by atoms with E-state index in [1.54, 1.807) is 6.20 Å². The van der Waals surface area contributed by atoms with Crippen LogP contribution in [0.2, 0.25) is 5.02 Å². The van der Waals surface area contributed by atoms with Crippen LogP contribution in [0.5, 0.6) is 0 Å². The highest BCUT2D eigenvalue weighted by Gasteiger charge is 2.36. The maximum atomic E-state index is 6.24. The summed E-state index contributed by atoms with van der Waals surface area (Å²) in [5, 5.41) is 11.1. The molecular weight excluding hydrogens is 360 g/mol. The Morgan fingerprint density at radius 3 is 2.70 bits per heavy atom. The standard InChI is InChI=1S/C13H12BrClN4S/c14-8-5-10(15)12(16-6-8)20-13-18-17-11(7-1-2-7)19(13)9-3-4-9/h5-7,9H,1-4H2. The summed E-state index contributed by atoms with van der Waals surface area (Å²) in [6.07, 6.45) is 6.70. The van der Waals surface area contributed by atoms with Crippen molar-refractivity contribution in [1.29, 1.82) is 0 Å². The van der Waals surface area contributed by atoms with Crippen molar-refractivity contribution in [3.8, 4) is 0 Å². The van der Waals surface area contributed by atoms with Crippen LogP contribution in [-0.4, -0.2) is 19.7 Å². The lowest BCUT2D eigenvalue weighted by Crippen LogP contribution is -2.02. The van der Waals surface area contributed by atoms with Crippen molar-refractivity contribution < 1.29 is 0 Å². The normalized spacial score (nSPS) is 18.5. The second-order valence-electron chi connectivity index (χ2n) is 5.26. The molecule has 0 N–H and O–H groups in total. The van der Waals surface area contributed by atoms with Gasteiger partial charge in [-0.05, 0) is 59.4 Å². The van der Waals surface area contributed by atoms with Gasteiger partial charge in [-0.2, -0.15) is 0 Å². The molecule has 2 aliphatic carbocycles. The highest BCUT2D eigenvalue weighted by molar-refractivity contribution is 9.10.